The van der Waals surface area contributed by atoms with Gasteiger partial charge in [-0.1, -0.05) is 0 Å². The van der Waals surface area contributed by atoms with Gasteiger partial charge in [-0.25, -0.2) is 13.6 Å². The molecular formula is C23H20F5N4O4P. The van der Waals surface area contributed by atoms with Gasteiger partial charge in [0.1, 0.15) is 23.9 Å². The first-order valence-electron chi connectivity index (χ1n) is 11.2. The predicted octanol–water partition coefficient (Wildman–Crippen LogP) is 4.50. The SMILES string of the molecule is CP1(=O)CCN2c3cc(OCc4cc(F)c(Oc5ccnc(C(F)(F)F)c5)c(F)c4)nc(=O)n3CC2C1. The summed E-state index contributed by atoms with van der Waals surface area (Å²) < 4.78 is 92.2. The third kappa shape index (κ3) is 5.18. The second-order valence-electron chi connectivity index (χ2n) is 9.05. The highest BCUT2D eigenvalue weighted by Gasteiger charge is 2.39. The summed E-state index contributed by atoms with van der Waals surface area (Å²) in [4.78, 5) is 21.6. The molecule has 1 aromatic carbocycles. The van der Waals surface area contributed by atoms with Gasteiger partial charge in [0, 0.05) is 37.2 Å². The number of aromatic nitrogens is 3. The van der Waals surface area contributed by atoms with Crippen LogP contribution in [-0.2, 0) is 23.9 Å². The Kier molecular flexibility index (Phi) is 6.21. The van der Waals surface area contributed by atoms with Crippen molar-refractivity contribution in [3.05, 3.63) is 69.9 Å². The van der Waals surface area contributed by atoms with E-state index in [1.165, 1.54) is 4.57 Å². The summed E-state index contributed by atoms with van der Waals surface area (Å²) in [5.74, 6) is -3.11. The highest BCUT2D eigenvalue weighted by molar-refractivity contribution is 7.63. The fraction of sp³-hybridized carbons (Fsp3) is 0.348. The fourth-order valence-electron chi connectivity index (χ4n) is 4.46. The normalized spacial score (nSPS) is 20.9. The molecule has 14 heteroatoms. The maximum absolute atomic E-state index is 14.6. The molecule has 0 aliphatic carbocycles. The van der Waals surface area contributed by atoms with Gasteiger partial charge in [0.15, 0.2) is 17.4 Å². The number of pyridine rings is 1. The maximum atomic E-state index is 14.6. The van der Waals surface area contributed by atoms with Gasteiger partial charge in [-0.2, -0.15) is 18.2 Å². The number of alkyl halides is 3. The number of anilines is 1. The molecule has 2 aliphatic heterocycles. The smallest absolute Gasteiger partial charge is 0.433 e. The van der Waals surface area contributed by atoms with Crippen molar-refractivity contribution in [1.82, 2.24) is 14.5 Å². The summed E-state index contributed by atoms with van der Waals surface area (Å²) in [5.41, 5.74) is -1.78. The lowest BCUT2D eigenvalue weighted by Gasteiger charge is -2.34. The van der Waals surface area contributed by atoms with E-state index in [-0.39, 0.29) is 24.1 Å². The molecule has 2 atom stereocenters. The van der Waals surface area contributed by atoms with Crippen LogP contribution in [0.25, 0.3) is 0 Å². The minimum atomic E-state index is -4.75. The molecule has 2 aromatic heterocycles. The van der Waals surface area contributed by atoms with E-state index in [1.807, 2.05) is 4.90 Å². The van der Waals surface area contributed by atoms with Crippen molar-refractivity contribution in [2.45, 2.75) is 25.4 Å². The quantitative estimate of drug-likeness (QED) is 0.347. The van der Waals surface area contributed by atoms with Gasteiger partial charge in [-0.3, -0.25) is 9.55 Å². The van der Waals surface area contributed by atoms with Crippen LogP contribution in [0, 0.1) is 11.6 Å². The van der Waals surface area contributed by atoms with Gasteiger partial charge in [0.25, 0.3) is 0 Å². The van der Waals surface area contributed by atoms with Gasteiger partial charge in [-0.05, 0) is 30.4 Å². The Labute approximate surface area is 207 Å². The Balaban J connectivity index is 1.31. The molecular weight excluding hydrogens is 522 g/mol. The standard InChI is InChI=1S/C23H20F5N4O4P/c1-37(34)5-4-31-14(12-37)10-32-20(31)9-19(30-22(32)33)35-11-13-6-16(24)21(17(25)7-13)36-15-2-3-29-18(8-15)23(26,27)28/h2-3,6-9,14H,4-5,10-12H2,1H3. The number of halogens is 5. The average Bonchev–Trinajstić information content (AvgIpc) is 3.16. The molecule has 8 nitrogen and oxygen atoms in total. The van der Waals surface area contributed by atoms with Crippen LogP contribution in [0.5, 0.6) is 17.4 Å². The number of benzene rings is 1. The summed E-state index contributed by atoms with van der Waals surface area (Å²) in [5, 5.41) is 0. The van der Waals surface area contributed by atoms with E-state index in [4.69, 9.17) is 9.47 Å². The van der Waals surface area contributed by atoms with E-state index >= 15 is 0 Å². The van der Waals surface area contributed by atoms with Crippen molar-refractivity contribution in [3.8, 4) is 17.4 Å². The van der Waals surface area contributed by atoms with Crippen LogP contribution in [0.3, 0.4) is 0 Å². The zero-order valence-electron chi connectivity index (χ0n) is 19.3. The summed E-state index contributed by atoms with van der Waals surface area (Å²) in [6, 6.07) is 4.86. The van der Waals surface area contributed by atoms with Crippen LogP contribution < -0.4 is 20.1 Å². The van der Waals surface area contributed by atoms with E-state index in [2.05, 4.69) is 9.97 Å². The first-order valence-corrected chi connectivity index (χ1v) is 13.7. The lowest BCUT2D eigenvalue weighted by atomic mass is 10.2. The van der Waals surface area contributed by atoms with Crippen molar-refractivity contribution >= 4 is 13.0 Å². The topological polar surface area (TPSA) is 86.6 Å². The van der Waals surface area contributed by atoms with Crippen molar-refractivity contribution in [1.29, 1.82) is 0 Å². The van der Waals surface area contributed by atoms with Gasteiger partial charge < -0.3 is 18.9 Å². The fourth-order valence-corrected chi connectivity index (χ4v) is 6.49. The lowest BCUT2D eigenvalue weighted by Crippen LogP contribution is -2.41. The molecule has 2 aliphatic rings. The highest BCUT2D eigenvalue weighted by Crippen LogP contribution is 2.48. The van der Waals surface area contributed by atoms with Crippen LogP contribution in [0.15, 0.2) is 41.3 Å². The number of hydrogen-bond acceptors (Lipinski definition) is 7. The lowest BCUT2D eigenvalue weighted by molar-refractivity contribution is -0.141. The van der Waals surface area contributed by atoms with Crippen LogP contribution >= 0.6 is 7.14 Å². The molecule has 1 saturated heterocycles. The molecule has 37 heavy (non-hydrogen) atoms. The Morgan fingerprint density at radius 3 is 2.59 bits per heavy atom. The second-order valence-corrected chi connectivity index (χ2v) is 12.5. The largest absolute Gasteiger partial charge is 0.473 e. The van der Waals surface area contributed by atoms with Crippen LogP contribution in [0.4, 0.5) is 27.8 Å². The molecule has 0 bridgehead atoms. The van der Waals surface area contributed by atoms with E-state index in [9.17, 15) is 31.3 Å². The van der Waals surface area contributed by atoms with Crippen molar-refractivity contribution in [3.63, 3.8) is 0 Å². The van der Waals surface area contributed by atoms with Crippen LogP contribution in [0.1, 0.15) is 11.3 Å². The monoisotopic (exact) mass is 542 g/mol. The van der Waals surface area contributed by atoms with E-state index in [1.54, 1.807) is 12.7 Å². The first kappa shape index (κ1) is 25.2. The summed E-state index contributed by atoms with van der Waals surface area (Å²) in [6.07, 6.45) is -2.91. The Morgan fingerprint density at radius 1 is 1.16 bits per heavy atom. The third-order valence-corrected chi connectivity index (χ3v) is 8.53. The number of ether oxygens (including phenoxy) is 2. The zero-order chi connectivity index (χ0) is 26.5. The molecule has 2 unspecified atom stereocenters. The molecule has 1 fully saturated rings. The minimum absolute atomic E-state index is 0.0400. The maximum Gasteiger partial charge on any atom is 0.433 e. The minimum Gasteiger partial charge on any atom is -0.473 e. The van der Waals surface area contributed by atoms with Crippen molar-refractivity contribution in [2.75, 3.05) is 30.4 Å². The van der Waals surface area contributed by atoms with Crippen molar-refractivity contribution in [2.24, 2.45) is 0 Å². The molecule has 0 spiro atoms. The third-order valence-electron chi connectivity index (χ3n) is 6.19. The first-order chi connectivity index (χ1) is 17.4. The van der Waals surface area contributed by atoms with Gasteiger partial charge in [0.2, 0.25) is 5.88 Å². The summed E-state index contributed by atoms with van der Waals surface area (Å²) in [7, 11) is -2.25. The number of nitrogens with zero attached hydrogens (tertiary/aromatic N) is 4. The Bertz CT molecular complexity index is 1460. The van der Waals surface area contributed by atoms with Gasteiger partial charge in [-0.15, -0.1) is 0 Å². The van der Waals surface area contributed by atoms with Gasteiger partial charge in [0.05, 0.1) is 19.7 Å². The van der Waals surface area contributed by atoms with Crippen LogP contribution in [0.2, 0.25) is 0 Å². The number of hydrogen-bond donors (Lipinski definition) is 0. The Morgan fingerprint density at radius 2 is 1.89 bits per heavy atom. The van der Waals surface area contributed by atoms with E-state index in [0.29, 0.717) is 37.3 Å². The summed E-state index contributed by atoms with van der Waals surface area (Å²) in [6.45, 7) is 2.32. The number of rotatable bonds is 5. The summed E-state index contributed by atoms with van der Waals surface area (Å²) >= 11 is 0. The van der Waals surface area contributed by atoms with E-state index in [0.717, 1.165) is 24.4 Å². The molecule has 0 saturated carbocycles. The van der Waals surface area contributed by atoms with E-state index < -0.39 is 47.8 Å². The molecule has 0 N–H and O–H groups in total. The van der Waals surface area contributed by atoms with Crippen LogP contribution in [-0.4, -0.2) is 46.1 Å². The molecule has 3 aromatic rings. The van der Waals surface area contributed by atoms with Crippen molar-refractivity contribution < 1.29 is 36.0 Å². The average molecular weight is 542 g/mol. The van der Waals surface area contributed by atoms with Gasteiger partial charge >= 0.3 is 11.9 Å². The number of fused-ring (bicyclic) bond motifs is 3. The predicted molar refractivity (Wildman–Crippen MR) is 123 cm³/mol. The molecule has 196 valence electrons. The second kappa shape index (κ2) is 9.13. The molecule has 0 radical (unpaired) electrons. The molecule has 5 rings (SSSR count). The zero-order valence-corrected chi connectivity index (χ0v) is 20.2. The highest BCUT2D eigenvalue weighted by atomic mass is 31.2. The molecule has 0 amide bonds. The molecule has 4 heterocycles. The Hall–Kier alpha value is -3.47.